The smallest absolute Gasteiger partial charge is 0.348 e. The third kappa shape index (κ3) is 9.50. The Kier molecular flexibility index (Phi) is 12.6. The predicted molar refractivity (Wildman–Crippen MR) is 186 cm³/mol. The van der Waals surface area contributed by atoms with Gasteiger partial charge in [0.1, 0.15) is 23.0 Å². The molecule has 5 rings (SSSR count). The molecular formula is C39H46O16. The molecule has 1 saturated carbocycles. The SMILES string of the molecule is CCCC1(C)OC(=O)C(=C/C=C/C=C/C2C(=O)OC3(CCC4(CC3)OC(=O)C(=C/C=C/C=C/C3C(=O)OC(C)(CCC)OC3OC)C(=O)O4)OC2O)C(=O)O1. The van der Waals surface area contributed by atoms with Gasteiger partial charge in [-0.15, -0.1) is 0 Å². The summed E-state index contributed by atoms with van der Waals surface area (Å²) >= 11 is 0. The zero-order chi connectivity index (χ0) is 40.0. The van der Waals surface area contributed by atoms with Gasteiger partial charge in [-0.1, -0.05) is 62.5 Å². The van der Waals surface area contributed by atoms with Crippen molar-refractivity contribution in [2.24, 2.45) is 11.8 Å². The topological polar surface area (TPSA) is 206 Å². The second-order valence-corrected chi connectivity index (χ2v) is 14.0. The van der Waals surface area contributed by atoms with Crippen LogP contribution in [0, 0.1) is 11.8 Å². The van der Waals surface area contributed by atoms with E-state index in [2.05, 4.69) is 0 Å². The second-order valence-electron chi connectivity index (χ2n) is 14.0. The summed E-state index contributed by atoms with van der Waals surface area (Å²) in [6.45, 7) is 6.99. The largest absolute Gasteiger partial charge is 0.433 e. The van der Waals surface area contributed by atoms with Gasteiger partial charge in [-0.05, 0) is 25.0 Å². The quantitative estimate of drug-likeness (QED) is 0.104. The van der Waals surface area contributed by atoms with E-state index in [4.69, 9.17) is 42.6 Å². The third-order valence-electron chi connectivity index (χ3n) is 9.52. The first-order valence-corrected chi connectivity index (χ1v) is 18.1. The highest BCUT2D eigenvalue weighted by Crippen LogP contribution is 2.46. The average Bonchev–Trinajstić information content (AvgIpc) is 3.09. The molecule has 55 heavy (non-hydrogen) atoms. The van der Waals surface area contributed by atoms with Crippen molar-refractivity contribution in [3.8, 4) is 0 Å². The maximum Gasteiger partial charge on any atom is 0.348 e. The maximum atomic E-state index is 12.9. The molecule has 298 valence electrons. The van der Waals surface area contributed by atoms with Gasteiger partial charge in [0.25, 0.3) is 11.6 Å². The fraction of sp³-hybridized carbons (Fsp3) is 0.538. The average molecular weight is 771 g/mol. The molecule has 16 nitrogen and oxygen atoms in total. The number of cyclic esters (lactones) is 3. The van der Waals surface area contributed by atoms with Crippen LogP contribution < -0.4 is 0 Å². The highest BCUT2D eigenvalue weighted by atomic mass is 16.8. The second kappa shape index (κ2) is 16.9. The molecule has 0 aromatic carbocycles. The number of rotatable bonds is 11. The Hall–Kier alpha value is -4.90. The van der Waals surface area contributed by atoms with E-state index < -0.39 is 83.4 Å². The van der Waals surface area contributed by atoms with Crippen LogP contribution in [0.25, 0.3) is 0 Å². The highest BCUT2D eigenvalue weighted by molar-refractivity contribution is 6.16. The molecule has 0 aromatic heterocycles. The summed E-state index contributed by atoms with van der Waals surface area (Å²) in [6, 6.07) is 0. The Bertz CT molecular complexity index is 1680. The van der Waals surface area contributed by atoms with Crippen molar-refractivity contribution in [2.75, 3.05) is 7.11 Å². The lowest BCUT2D eigenvalue weighted by atomic mass is 9.87. The van der Waals surface area contributed by atoms with Crippen molar-refractivity contribution in [3.63, 3.8) is 0 Å². The Morgan fingerprint density at radius 1 is 0.600 bits per heavy atom. The fourth-order valence-corrected chi connectivity index (χ4v) is 6.74. The lowest BCUT2D eigenvalue weighted by Crippen LogP contribution is -2.57. The predicted octanol–water partition coefficient (Wildman–Crippen LogP) is 3.93. The van der Waals surface area contributed by atoms with Crippen LogP contribution in [0.15, 0.2) is 71.9 Å². The summed E-state index contributed by atoms with van der Waals surface area (Å²) in [6.07, 6.45) is 13.4. The number of hydrogen-bond acceptors (Lipinski definition) is 16. The van der Waals surface area contributed by atoms with Crippen LogP contribution in [0.3, 0.4) is 0 Å². The Labute approximate surface area is 317 Å². The van der Waals surface area contributed by atoms with E-state index in [0.717, 1.165) is 6.42 Å². The molecule has 0 bridgehead atoms. The monoisotopic (exact) mass is 770 g/mol. The molecule has 0 amide bonds. The maximum absolute atomic E-state index is 12.9. The number of ether oxygens (including phenoxy) is 9. The molecule has 1 aliphatic carbocycles. The number of aliphatic hydroxyl groups is 1. The molecule has 2 spiro atoms. The first kappa shape index (κ1) is 41.3. The zero-order valence-electron chi connectivity index (χ0n) is 31.3. The molecule has 4 heterocycles. The van der Waals surface area contributed by atoms with E-state index in [0.29, 0.717) is 19.3 Å². The van der Waals surface area contributed by atoms with Crippen molar-refractivity contribution in [2.45, 2.75) is 115 Å². The first-order chi connectivity index (χ1) is 26.1. The summed E-state index contributed by atoms with van der Waals surface area (Å²) in [5.74, 6) is -12.4. The summed E-state index contributed by atoms with van der Waals surface area (Å²) in [5.41, 5.74) is -0.653. The van der Waals surface area contributed by atoms with Gasteiger partial charge in [0, 0.05) is 59.5 Å². The lowest BCUT2D eigenvalue weighted by Gasteiger charge is -2.48. The minimum atomic E-state index is -1.62. The Morgan fingerprint density at radius 3 is 1.58 bits per heavy atom. The molecule has 5 unspecified atom stereocenters. The van der Waals surface area contributed by atoms with Gasteiger partial charge in [-0.3, -0.25) is 9.59 Å². The zero-order valence-corrected chi connectivity index (χ0v) is 31.3. The van der Waals surface area contributed by atoms with Gasteiger partial charge < -0.3 is 47.7 Å². The van der Waals surface area contributed by atoms with Crippen molar-refractivity contribution in [1.29, 1.82) is 0 Å². The van der Waals surface area contributed by atoms with E-state index in [1.807, 2.05) is 13.8 Å². The first-order valence-electron chi connectivity index (χ1n) is 18.1. The number of esters is 6. The summed E-state index contributed by atoms with van der Waals surface area (Å²) in [5, 5.41) is 10.7. The van der Waals surface area contributed by atoms with Crippen molar-refractivity contribution < 1.29 is 76.5 Å². The molecule has 4 saturated heterocycles. The standard InChI is InChI=1S/C39H46O16/c1-6-18-36(3)48-28(40)24(29(41)49-36)14-10-8-11-15-25-30(42)51-38(52-31(25)43)20-22-39(23-21-38)53-32(44)26(33(45)54-39)16-12-9-13-17-27-34(46)50-37(4,19-7-2)55-35(27)47-5/h8-17,25,27,30,35,42H,6-7,18-23H2,1-5H3/b10-8+,12-9+,15-11+,17-13+,24-14?,26-16?. The highest BCUT2D eigenvalue weighted by Gasteiger charge is 2.57. The Morgan fingerprint density at radius 2 is 1.07 bits per heavy atom. The molecule has 0 aromatic rings. The van der Waals surface area contributed by atoms with Crippen LogP contribution in [0.5, 0.6) is 0 Å². The van der Waals surface area contributed by atoms with E-state index in [1.54, 1.807) is 6.92 Å². The molecule has 5 fully saturated rings. The van der Waals surface area contributed by atoms with Crippen LogP contribution >= 0.6 is 0 Å². The van der Waals surface area contributed by atoms with Crippen LogP contribution in [0.2, 0.25) is 0 Å². The van der Waals surface area contributed by atoms with Gasteiger partial charge in [-0.2, -0.15) is 0 Å². The Balaban J connectivity index is 1.11. The van der Waals surface area contributed by atoms with Gasteiger partial charge in [0.15, 0.2) is 12.6 Å². The van der Waals surface area contributed by atoms with Crippen molar-refractivity contribution in [3.05, 3.63) is 71.9 Å². The summed E-state index contributed by atoms with van der Waals surface area (Å²) in [7, 11) is 1.42. The minimum Gasteiger partial charge on any atom is -0.433 e. The van der Waals surface area contributed by atoms with E-state index in [1.165, 1.54) is 74.8 Å². The number of carbonyl (C=O) groups is 6. The van der Waals surface area contributed by atoms with Gasteiger partial charge in [0.2, 0.25) is 11.6 Å². The van der Waals surface area contributed by atoms with Crippen molar-refractivity contribution in [1.82, 2.24) is 0 Å². The number of methoxy groups -OCH3 is 1. The molecule has 5 aliphatic rings. The minimum absolute atomic E-state index is 0.0547. The van der Waals surface area contributed by atoms with E-state index >= 15 is 0 Å². The number of carbonyl (C=O) groups excluding carboxylic acids is 6. The van der Waals surface area contributed by atoms with Gasteiger partial charge in [0.05, 0.1) is 0 Å². The molecule has 1 N–H and O–H groups in total. The number of hydrogen-bond donors (Lipinski definition) is 1. The summed E-state index contributed by atoms with van der Waals surface area (Å²) in [4.78, 5) is 76.0. The number of allylic oxidation sites excluding steroid dienone is 8. The fourth-order valence-electron chi connectivity index (χ4n) is 6.74. The number of aliphatic hydroxyl groups excluding tert-OH is 1. The van der Waals surface area contributed by atoms with E-state index in [9.17, 15) is 33.9 Å². The normalized spacial score (nSPS) is 35.7. The van der Waals surface area contributed by atoms with Crippen LogP contribution in [0.1, 0.15) is 79.1 Å². The molecular weight excluding hydrogens is 724 g/mol. The molecule has 5 atom stereocenters. The van der Waals surface area contributed by atoms with E-state index in [-0.39, 0.29) is 36.8 Å². The van der Waals surface area contributed by atoms with Gasteiger partial charge >= 0.3 is 35.8 Å². The van der Waals surface area contributed by atoms with Gasteiger partial charge in [-0.25, -0.2) is 19.2 Å². The van der Waals surface area contributed by atoms with Crippen LogP contribution in [-0.4, -0.2) is 83.8 Å². The molecule has 0 radical (unpaired) electrons. The molecule has 4 aliphatic heterocycles. The third-order valence-corrected chi connectivity index (χ3v) is 9.52. The lowest BCUT2D eigenvalue weighted by molar-refractivity contribution is -0.351. The van der Waals surface area contributed by atoms with Crippen LogP contribution in [-0.2, 0) is 71.4 Å². The molecule has 16 heteroatoms. The van der Waals surface area contributed by atoms with Crippen molar-refractivity contribution >= 4 is 35.8 Å². The van der Waals surface area contributed by atoms with Crippen LogP contribution in [0.4, 0.5) is 0 Å². The summed E-state index contributed by atoms with van der Waals surface area (Å²) < 4.78 is 49.6.